The molecule has 1 saturated heterocycles. The molecule has 0 spiro atoms. The third-order valence-corrected chi connectivity index (χ3v) is 7.23. The molecule has 1 fully saturated rings. The van der Waals surface area contributed by atoms with E-state index in [2.05, 4.69) is 5.32 Å². The molecule has 0 saturated carbocycles. The second-order valence-corrected chi connectivity index (χ2v) is 10.8. The van der Waals surface area contributed by atoms with Crippen molar-refractivity contribution in [3.05, 3.63) is 64.7 Å². The fourth-order valence-corrected chi connectivity index (χ4v) is 4.74. The van der Waals surface area contributed by atoms with Gasteiger partial charge in [0.25, 0.3) is 0 Å². The summed E-state index contributed by atoms with van der Waals surface area (Å²) in [5.41, 5.74) is -3.10. The molecule has 1 unspecified atom stereocenters. The first-order chi connectivity index (χ1) is 16.9. The molecule has 0 aliphatic carbocycles. The number of hydrogen-bond acceptors (Lipinski definition) is 3. The molecule has 0 bridgehead atoms. The van der Waals surface area contributed by atoms with Crippen LogP contribution in [0.15, 0.2) is 48.5 Å². The van der Waals surface area contributed by atoms with Crippen LogP contribution >= 0.6 is 11.6 Å². The number of carbonyl (C=O) groups is 2. The molecule has 2 N–H and O–H groups in total. The smallest absolute Gasteiger partial charge is 0.344 e. The summed E-state index contributed by atoms with van der Waals surface area (Å²) in [5.74, 6) is -0.261. The van der Waals surface area contributed by atoms with E-state index in [4.69, 9.17) is 11.6 Å². The van der Waals surface area contributed by atoms with Gasteiger partial charge in [0.2, 0.25) is 22.8 Å². The number of carbonyl (C=O) groups excluding carboxylic acids is 2. The highest BCUT2D eigenvalue weighted by molar-refractivity contribution is 7.87. The lowest BCUT2D eigenvalue weighted by atomic mass is 9.89. The first-order valence-corrected chi connectivity index (χ1v) is 13.1. The highest BCUT2D eigenvalue weighted by Gasteiger charge is 2.37. The minimum atomic E-state index is -4.87. The Morgan fingerprint density at radius 1 is 1.06 bits per heavy atom. The van der Waals surface area contributed by atoms with Gasteiger partial charge in [0.05, 0.1) is 6.42 Å². The number of likely N-dealkylation sites (tertiary alicyclic amines) is 1. The average Bonchev–Trinajstić information content (AvgIpc) is 2.83. The van der Waals surface area contributed by atoms with Crippen LogP contribution in [0.2, 0.25) is 5.02 Å². The van der Waals surface area contributed by atoms with E-state index in [1.54, 1.807) is 4.90 Å². The molecule has 2 aromatic rings. The van der Waals surface area contributed by atoms with Crippen molar-refractivity contribution in [2.45, 2.75) is 50.6 Å². The van der Waals surface area contributed by atoms with Gasteiger partial charge in [0, 0.05) is 23.8 Å². The average molecular weight is 544 g/mol. The Hall–Kier alpha value is -2.59. The zero-order valence-electron chi connectivity index (χ0n) is 20.0. The summed E-state index contributed by atoms with van der Waals surface area (Å²) < 4.78 is 50.3. The topological polar surface area (TPSA) is 78.5 Å². The molecule has 6 nitrogen and oxygen atoms in total. The van der Waals surface area contributed by atoms with Gasteiger partial charge < -0.3 is 10.2 Å². The molecule has 3 rings (SSSR count). The molecule has 1 aliphatic heterocycles. The van der Waals surface area contributed by atoms with E-state index in [-0.39, 0.29) is 29.8 Å². The van der Waals surface area contributed by atoms with Crippen molar-refractivity contribution < 1.29 is 27.0 Å². The van der Waals surface area contributed by atoms with Gasteiger partial charge in [-0.05, 0) is 60.1 Å². The normalized spacial score (nSPS) is 16.5. The van der Waals surface area contributed by atoms with Crippen LogP contribution in [-0.2, 0) is 27.0 Å². The van der Waals surface area contributed by atoms with Gasteiger partial charge in [-0.2, -0.15) is 13.2 Å². The van der Waals surface area contributed by atoms with Crippen LogP contribution in [0.3, 0.4) is 0 Å². The van der Waals surface area contributed by atoms with Gasteiger partial charge in [-0.1, -0.05) is 49.7 Å². The molecule has 1 heterocycles. The SMILES string of the molecule is CC(C)[C@@H](NC(=O)Cc1ccc(NS(=O)C(F)(F)F)cc1)C(=O)N1CCC(c2ccc(Cl)cc2)CC1. The highest BCUT2D eigenvalue weighted by Crippen LogP contribution is 2.29. The van der Waals surface area contributed by atoms with Crippen LogP contribution < -0.4 is 10.0 Å². The largest absolute Gasteiger partial charge is 0.490 e. The number of piperidine rings is 1. The molecular formula is C25H29ClF3N3O3S. The van der Waals surface area contributed by atoms with E-state index in [9.17, 15) is 27.0 Å². The van der Waals surface area contributed by atoms with Crippen molar-refractivity contribution in [3.8, 4) is 0 Å². The van der Waals surface area contributed by atoms with Crippen LogP contribution in [0.4, 0.5) is 18.9 Å². The minimum Gasteiger partial charge on any atom is -0.344 e. The summed E-state index contributed by atoms with van der Waals surface area (Å²) in [7, 11) is -3.22. The molecule has 0 aromatic heterocycles. The van der Waals surface area contributed by atoms with Crippen molar-refractivity contribution in [1.29, 1.82) is 0 Å². The molecule has 2 aromatic carbocycles. The summed E-state index contributed by atoms with van der Waals surface area (Å²) >= 11 is 5.97. The van der Waals surface area contributed by atoms with Crippen LogP contribution in [0.25, 0.3) is 0 Å². The summed E-state index contributed by atoms with van der Waals surface area (Å²) in [6.07, 6.45) is 1.61. The maximum absolute atomic E-state index is 13.2. The van der Waals surface area contributed by atoms with Crippen LogP contribution in [0, 0.1) is 5.92 Å². The lowest BCUT2D eigenvalue weighted by molar-refractivity contribution is -0.138. The zero-order valence-corrected chi connectivity index (χ0v) is 21.6. The lowest BCUT2D eigenvalue weighted by Crippen LogP contribution is -2.53. The Labute approximate surface area is 216 Å². The van der Waals surface area contributed by atoms with Gasteiger partial charge in [-0.15, -0.1) is 0 Å². The second kappa shape index (κ2) is 12.1. The summed E-state index contributed by atoms with van der Waals surface area (Å²) in [6, 6.07) is 12.7. The second-order valence-electron chi connectivity index (χ2n) is 9.13. The third-order valence-electron chi connectivity index (χ3n) is 6.14. The molecule has 36 heavy (non-hydrogen) atoms. The predicted octanol–water partition coefficient (Wildman–Crippen LogP) is 5.02. The number of hydrogen-bond donors (Lipinski definition) is 2. The number of amides is 2. The molecule has 196 valence electrons. The number of alkyl halides is 3. The van der Waals surface area contributed by atoms with Crippen molar-refractivity contribution in [1.82, 2.24) is 10.2 Å². The number of nitrogens with zero attached hydrogens (tertiary/aromatic N) is 1. The van der Waals surface area contributed by atoms with Crippen molar-refractivity contribution >= 4 is 40.1 Å². The zero-order chi connectivity index (χ0) is 26.5. The monoisotopic (exact) mass is 543 g/mol. The summed E-state index contributed by atoms with van der Waals surface area (Å²) in [5, 5.41) is 3.51. The highest BCUT2D eigenvalue weighted by atomic mass is 35.5. The Bertz CT molecular complexity index is 1070. The Morgan fingerprint density at radius 2 is 1.64 bits per heavy atom. The standard InChI is InChI=1S/C25H29ClF3N3O3S/c1-16(2)23(24(34)32-13-11-19(12-14-32)18-5-7-20(26)8-6-18)30-22(33)15-17-3-9-21(10-4-17)31-36(35)25(27,28)29/h3-10,16,19,23,31H,11-15H2,1-2H3,(H,30,33)/t23-,36?/m1/s1. The maximum Gasteiger partial charge on any atom is 0.490 e. The Morgan fingerprint density at radius 3 is 2.17 bits per heavy atom. The van der Waals surface area contributed by atoms with Crippen molar-refractivity contribution in [2.24, 2.45) is 5.92 Å². The fraction of sp³-hybridized carbons (Fsp3) is 0.440. The number of nitrogens with one attached hydrogen (secondary N) is 2. The molecule has 2 amide bonds. The van der Waals surface area contributed by atoms with Gasteiger partial charge in [0.1, 0.15) is 6.04 Å². The Balaban J connectivity index is 1.54. The van der Waals surface area contributed by atoms with E-state index < -0.39 is 22.5 Å². The minimum absolute atomic E-state index is 0.0204. The number of rotatable bonds is 8. The van der Waals surface area contributed by atoms with Crippen LogP contribution in [0.5, 0.6) is 0 Å². The maximum atomic E-state index is 13.2. The van der Waals surface area contributed by atoms with Gasteiger partial charge >= 0.3 is 5.51 Å². The number of anilines is 1. The Kier molecular flexibility index (Phi) is 9.41. The van der Waals surface area contributed by atoms with Gasteiger partial charge in [0.15, 0.2) is 0 Å². The first kappa shape index (κ1) is 28.0. The van der Waals surface area contributed by atoms with Crippen LogP contribution in [-0.4, -0.2) is 45.6 Å². The third kappa shape index (κ3) is 7.70. The quantitative estimate of drug-likeness (QED) is 0.490. The first-order valence-electron chi connectivity index (χ1n) is 11.6. The molecule has 1 aliphatic rings. The van der Waals surface area contributed by atoms with E-state index >= 15 is 0 Å². The van der Waals surface area contributed by atoms with Crippen molar-refractivity contribution in [3.63, 3.8) is 0 Å². The molecule has 11 heteroatoms. The number of halogens is 4. The van der Waals surface area contributed by atoms with E-state index in [0.29, 0.717) is 29.6 Å². The van der Waals surface area contributed by atoms with E-state index in [1.807, 2.05) is 42.8 Å². The van der Waals surface area contributed by atoms with Crippen LogP contribution in [0.1, 0.15) is 43.7 Å². The molecule has 2 atom stereocenters. The van der Waals surface area contributed by atoms with Crippen molar-refractivity contribution in [2.75, 3.05) is 17.8 Å². The predicted molar refractivity (Wildman–Crippen MR) is 135 cm³/mol. The summed E-state index contributed by atoms with van der Waals surface area (Å²) in [4.78, 5) is 27.7. The van der Waals surface area contributed by atoms with Gasteiger partial charge in [-0.3, -0.25) is 14.3 Å². The lowest BCUT2D eigenvalue weighted by Gasteiger charge is -2.35. The molecular weight excluding hydrogens is 515 g/mol. The molecule has 0 radical (unpaired) electrons. The van der Waals surface area contributed by atoms with E-state index in [0.717, 1.165) is 12.8 Å². The van der Waals surface area contributed by atoms with E-state index in [1.165, 1.54) is 29.8 Å². The van der Waals surface area contributed by atoms with Gasteiger partial charge in [-0.25, -0.2) is 4.21 Å². The summed E-state index contributed by atoms with van der Waals surface area (Å²) in [6.45, 7) is 4.92. The fourth-order valence-electron chi connectivity index (χ4n) is 4.14. The number of benzene rings is 2.